The van der Waals surface area contributed by atoms with Crippen molar-refractivity contribution in [2.24, 2.45) is 0 Å². The summed E-state index contributed by atoms with van der Waals surface area (Å²) in [5.74, 6) is -1.74. The summed E-state index contributed by atoms with van der Waals surface area (Å²) in [4.78, 5) is 20.0. The molecular weight excluding hydrogens is 350 g/mol. The van der Waals surface area contributed by atoms with Crippen molar-refractivity contribution in [1.82, 2.24) is 15.3 Å². The van der Waals surface area contributed by atoms with Gasteiger partial charge < -0.3 is 10.6 Å². The third-order valence-electron chi connectivity index (χ3n) is 3.89. The maximum absolute atomic E-state index is 13.7. The summed E-state index contributed by atoms with van der Waals surface area (Å²) in [6, 6.07) is 14.9. The third-order valence-corrected chi connectivity index (χ3v) is 3.89. The molecule has 0 fully saturated rings. The van der Waals surface area contributed by atoms with Crippen LogP contribution in [0.4, 0.5) is 20.3 Å². The summed E-state index contributed by atoms with van der Waals surface area (Å²) < 4.78 is 27.4. The second-order valence-electron chi connectivity index (χ2n) is 5.86. The molecule has 1 aromatic heterocycles. The minimum Gasteiger partial charge on any atom is -0.351 e. The van der Waals surface area contributed by atoms with E-state index in [1.807, 2.05) is 30.3 Å². The standard InChI is InChI=1S/C20H18F2N4O/c21-15-9-4-10-16(22)19(15)26-18-12-17(24-13-25-18)20(27)23-11-5-8-14-6-2-1-3-7-14/h1-4,6-7,9-10,12-13H,5,8,11H2,(H,23,27)(H,24,25,26). The van der Waals surface area contributed by atoms with Crippen molar-refractivity contribution in [2.45, 2.75) is 12.8 Å². The van der Waals surface area contributed by atoms with Crippen molar-refractivity contribution in [1.29, 1.82) is 0 Å². The van der Waals surface area contributed by atoms with Crippen LogP contribution in [0.5, 0.6) is 0 Å². The highest BCUT2D eigenvalue weighted by molar-refractivity contribution is 5.92. The number of halogens is 2. The molecule has 1 heterocycles. The minimum atomic E-state index is -0.750. The molecule has 0 aliphatic rings. The second-order valence-corrected chi connectivity index (χ2v) is 5.86. The molecule has 0 radical (unpaired) electrons. The number of rotatable bonds is 7. The third kappa shape index (κ3) is 5.07. The van der Waals surface area contributed by atoms with Crippen molar-refractivity contribution < 1.29 is 13.6 Å². The van der Waals surface area contributed by atoms with E-state index >= 15 is 0 Å². The van der Waals surface area contributed by atoms with Crippen molar-refractivity contribution in [3.8, 4) is 0 Å². The van der Waals surface area contributed by atoms with E-state index in [4.69, 9.17) is 0 Å². The van der Waals surface area contributed by atoms with E-state index in [0.29, 0.717) is 6.54 Å². The van der Waals surface area contributed by atoms with Gasteiger partial charge in [-0.2, -0.15) is 0 Å². The maximum atomic E-state index is 13.7. The Balaban J connectivity index is 1.57. The molecule has 0 spiro atoms. The molecule has 0 bridgehead atoms. The maximum Gasteiger partial charge on any atom is 0.270 e. The number of aromatic nitrogens is 2. The fraction of sp³-hybridized carbons (Fsp3) is 0.150. The number of benzene rings is 2. The van der Waals surface area contributed by atoms with Crippen LogP contribution < -0.4 is 10.6 Å². The van der Waals surface area contributed by atoms with Gasteiger partial charge in [-0.3, -0.25) is 4.79 Å². The number of nitrogens with one attached hydrogen (secondary N) is 2. The number of carbonyl (C=O) groups is 1. The predicted molar refractivity (Wildman–Crippen MR) is 98.8 cm³/mol. The fourth-order valence-corrected chi connectivity index (χ4v) is 2.52. The molecule has 5 nitrogen and oxygen atoms in total. The van der Waals surface area contributed by atoms with Crippen LogP contribution in [0.1, 0.15) is 22.5 Å². The number of carbonyl (C=O) groups excluding carboxylic acids is 1. The average molecular weight is 368 g/mol. The van der Waals surface area contributed by atoms with Crippen molar-refractivity contribution >= 4 is 17.4 Å². The van der Waals surface area contributed by atoms with Gasteiger partial charge in [-0.25, -0.2) is 18.7 Å². The predicted octanol–water partition coefficient (Wildman–Crippen LogP) is 3.86. The Morgan fingerprint density at radius 3 is 2.44 bits per heavy atom. The number of hydrogen-bond donors (Lipinski definition) is 2. The molecule has 27 heavy (non-hydrogen) atoms. The SMILES string of the molecule is O=C(NCCCc1ccccc1)c1cc(Nc2c(F)cccc2F)ncn1. The Bertz CT molecular complexity index is 899. The van der Waals surface area contributed by atoms with Crippen molar-refractivity contribution in [3.05, 3.63) is 83.8 Å². The van der Waals surface area contributed by atoms with Gasteiger partial charge >= 0.3 is 0 Å². The lowest BCUT2D eigenvalue weighted by atomic mass is 10.1. The molecule has 0 saturated carbocycles. The lowest BCUT2D eigenvalue weighted by molar-refractivity contribution is 0.0948. The molecule has 1 amide bonds. The molecule has 0 saturated heterocycles. The first-order chi connectivity index (χ1) is 13.1. The molecule has 2 aromatic carbocycles. The van der Waals surface area contributed by atoms with Crippen LogP contribution in [-0.4, -0.2) is 22.4 Å². The van der Waals surface area contributed by atoms with Crippen LogP contribution in [0.3, 0.4) is 0 Å². The molecule has 0 aliphatic heterocycles. The zero-order chi connectivity index (χ0) is 19.1. The van der Waals surface area contributed by atoms with Gasteiger partial charge in [0.05, 0.1) is 0 Å². The molecular formula is C20H18F2N4O. The molecule has 0 atom stereocenters. The molecule has 0 aliphatic carbocycles. The van der Waals surface area contributed by atoms with Gasteiger partial charge in [0.25, 0.3) is 5.91 Å². The Labute approximate surface area is 155 Å². The minimum absolute atomic E-state index is 0.115. The fourth-order valence-electron chi connectivity index (χ4n) is 2.52. The van der Waals surface area contributed by atoms with Gasteiger partial charge in [-0.05, 0) is 30.5 Å². The quantitative estimate of drug-likeness (QED) is 0.622. The molecule has 2 N–H and O–H groups in total. The molecule has 7 heteroatoms. The number of anilines is 2. The Hall–Kier alpha value is -3.35. The van der Waals surface area contributed by atoms with Gasteiger partial charge in [0, 0.05) is 12.6 Å². The Morgan fingerprint density at radius 2 is 1.70 bits per heavy atom. The highest BCUT2D eigenvalue weighted by Gasteiger charge is 2.12. The van der Waals surface area contributed by atoms with Crippen LogP contribution in [0.2, 0.25) is 0 Å². The second kappa shape index (κ2) is 8.84. The summed E-state index contributed by atoms with van der Waals surface area (Å²) in [5.41, 5.74) is 0.988. The molecule has 0 unspecified atom stereocenters. The van der Waals surface area contributed by atoms with Gasteiger partial charge in [0.15, 0.2) is 0 Å². The summed E-state index contributed by atoms with van der Waals surface area (Å²) in [6.45, 7) is 0.489. The van der Waals surface area contributed by atoms with Gasteiger partial charge in [0.1, 0.15) is 35.2 Å². The average Bonchev–Trinajstić information content (AvgIpc) is 2.69. The highest BCUT2D eigenvalue weighted by Crippen LogP contribution is 2.21. The first-order valence-corrected chi connectivity index (χ1v) is 8.48. The summed E-state index contributed by atoms with van der Waals surface area (Å²) >= 11 is 0. The molecule has 138 valence electrons. The van der Waals surface area contributed by atoms with Gasteiger partial charge in [0.2, 0.25) is 0 Å². The van der Waals surface area contributed by atoms with E-state index in [1.54, 1.807) is 0 Å². The van der Waals surface area contributed by atoms with Crippen LogP contribution in [0, 0.1) is 11.6 Å². The van der Waals surface area contributed by atoms with Crippen LogP contribution in [0.15, 0.2) is 60.9 Å². The first-order valence-electron chi connectivity index (χ1n) is 8.48. The zero-order valence-corrected chi connectivity index (χ0v) is 14.5. The number of para-hydroxylation sites is 1. The van der Waals surface area contributed by atoms with Gasteiger partial charge in [-0.15, -0.1) is 0 Å². The smallest absolute Gasteiger partial charge is 0.270 e. The lowest BCUT2D eigenvalue weighted by Crippen LogP contribution is -2.25. The topological polar surface area (TPSA) is 66.9 Å². The van der Waals surface area contributed by atoms with Crippen LogP contribution >= 0.6 is 0 Å². The van der Waals surface area contributed by atoms with E-state index in [2.05, 4.69) is 20.6 Å². The zero-order valence-electron chi connectivity index (χ0n) is 14.5. The van der Waals surface area contributed by atoms with Crippen LogP contribution in [0.25, 0.3) is 0 Å². The summed E-state index contributed by atoms with van der Waals surface area (Å²) in [6.07, 6.45) is 2.80. The van der Waals surface area contributed by atoms with E-state index in [1.165, 1.54) is 24.0 Å². The summed E-state index contributed by atoms with van der Waals surface area (Å²) in [5, 5.41) is 5.32. The number of amides is 1. The van der Waals surface area contributed by atoms with Crippen LogP contribution in [-0.2, 0) is 6.42 Å². The normalized spacial score (nSPS) is 10.4. The highest BCUT2D eigenvalue weighted by atomic mass is 19.1. The number of aryl methyl sites for hydroxylation is 1. The molecule has 3 rings (SSSR count). The molecule has 3 aromatic rings. The van der Waals surface area contributed by atoms with E-state index in [9.17, 15) is 13.6 Å². The van der Waals surface area contributed by atoms with Crippen molar-refractivity contribution in [3.63, 3.8) is 0 Å². The lowest BCUT2D eigenvalue weighted by Gasteiger charge is -2.09. The largest absolute Gasteiger partial charge is 0.351 e. The first kappa shape index (κ1) is 18.4. The monoisotopic (exact) mass is 368 g/mol. The Kier molecular flexibility index (Phi) is 6.04. The van der Waals surface area contributed by atoms with Crippen molar-refractivity contribution in [2.75, 3.05) is 11.9 Å². The van der Waals surface area contributed by atoms with Gasteiger partial charge in [-0.1, -0.05) is 36.4 Å². The summed E-state index contributed by atoms with van der Waals surface area (Å²) in [7, 11) is 0. The van der Waals surface area contributed by atoms with E-state index in [0.717, 1.165) is 25.0 Å². The number of hydrogen-bond acceptors (Lipinski definition) is 4. The van der Waals surface area contributed by atoms with E-state index in [-0.39, 0.29) is 23.1 Å². The Morgan fingerprint density at radius 1 is 0.963 bits per heavy atom. The number of nitrogens with zero attached hydrogens (tertiary/aromatic N) is 2. The van der Waals surface area contributed by atoms with E-state index < -0.39 is 11.6 Å².